The van der Waals surface area contributed by atoms with Crippen LogP contribution in [0.4, 0.5) is 0 Å². The number of nitrogens with one attached hydrogen (secondary N) is 2. The highest BCUT2D eigenvalue weighted by atomic mass is 32.1. The first-order valence-electron chi connectivity index (χ1n) is 7.98. The summed E-state index contributed by atoms with van der Waals surface area (Å²) in [5, 5.41) is 12.9. The first kappa shape index (κ1) is 17.5. The summed E-state index contributed by atoms with van der Waals surface area (Å²) in [6.45, 7) is 7.90. The van der Waals surface area contributed by atoms with Crippen molar-refractivity contribution in [3.05, 3.63) is 39.4 Å². The van der Waals surface area contributed by atoms with Gasteiger partial charge in [0.1, 0.15) is 5.76 Å². The van der Waals surface area contributed by atoms with E-state index in [4.69, 9.17) is 4.52 Å². The molecule has 0 spiro atoms. The van der Waals surface area contributed by atoms with E-state index in [-0.39, 0.29) is 0 Å². The van der Waals surface area contributed by atoms with E-state index in [1.54, 1.807) is 7.05 Å². The second-order valence-electron chi connectivity index (χ2n) is 5.82. The summed E-state index contributed by atoms with van der Waals surface area (Å²) in [6, 6.07) is 4.30. The fraction of sp³-hybridized carbons (Fsp3) is 0.529. The molecular weight excluding hydrogens is 308 g/mol. The van der Waals surface area contributed by atoms with Crippen molar-refractivity contribution in [2.24, 2.45) is 10.9 Å². The molecule has 126 valence electrons. The Bertz CT molecular complexity index is 599. The largest absolute Gasteiger partial charge is 0.361 e. The standard InChI is InChI=1S/C17H26N4OS/c1-12(10-15-6-5-9-23-15)11-20-17(18-4)19-8-7-16-13(2)21-22-14(16)3/h5-6,9,12H,7-8,10-11H2,1-4H3,(H2,18,19,20). The average molecular weight is 334 g/mol. The van der Waals surface area contributed by atoms with E-state index in [1.165, 1.54) is 10.4 Å². The van der Waals surface area contributed by atoms with Gasteiger partial charge in [0.15, 0.2) is 5.96 Å². The summed E-state index contributed by atoms with van der Waals surface area (Å²) in [7, 11) is 1.80. The fourth-order valence-corrected chi connectivity index (χ4v) is 3.37. The Morgan fingerprint density at radius 2 is 2.22 bits per heavy atom. The number of aliphatic imine (C=N–C) groups is 1. The van der Waals surface area contributed by atoms with Gasteiger partial charge in [0.05, 0.1) is 5.69 Å². The molecule has 0 aliphatic carbocycles. The highest BCUT2D eigenvalue weighted by Crippen LogP contribution is 2.14. The lowest BCUT2D eigenvalue weighted by atomic mass is 10.1. The maximum absolute atomic E-state index is 5.19. The Kier molecular flexibility index (Phi) is 6.65. The van der Waals surface area contributed by atoms with E-state index in [1.807, 2.05) is 25.2 Å². The zero-order chi connectivity index (χ0) is 16.7. The van der Waals surface area contributed by atoms with E-state index in [0.717, 1.165) is 43.3 Å². The summed E-state index contributed by atoms with van der Waals surface area (Å²) in [5.41, 5.74) is 2.15. The summed E-state index contributed by atoms with van der Waals surface area (Å²) < 4.78 is 5.19. The van der Waals surface area contributed by atoms with Crippen molar-refractivity contribution < 1.29 is 4.52 Å². The third kappa shape index (κ3) is 5.39. The number of hydrogen-bond donors (Lipinski definition) is 2. The van der Waals surface area contributed by atoms with Gasteiger partial charge in [-0.15, -0.1) is 11.3 Å². The molecule has 1 unspecified atom stereocenters. The molecule has 0 bridgehead atoms. The summed E-state index contributed by atoms with van der Waals surface area (Å²) in [5.74, 6) is 2.31. The number of aromatic nitrogens is 1. The van der Waals surface area contributed by atoms with Crippen molar-refractivity contribution in [3.63, 3.8) is 0 Å². The molecule has 0 amide bonds. The first-order chi connectivity index (χ1) is 11.1. The van der Waals surface area contributed by atoms with Gasteiger partial charge in [-0.3, -0.25) is 4.99 Å². The Labute approximate surface area is 142 Å². The lowest BCUT2D eigenvalue weighted by Gasteiger charge is -2.15. The van der Waals surface area contributed by atoms with Crippen LogP contribution in [0.5, 0.6) is 0 Å². The molecule has 0 aliphatic rings. The number of guanidine groups is 1. The zero-order valence-electron chi connectivity index (χ0n) is 14.3. The van der Waals surface area contributed by atoms with Gasteiger partial charge >= 0.3 is 0 Å². The van der Waals surface area contributed by atoms with Gasteiger partial charge in [-0.2, -0.15) is 0 Å². The van der Waals surface area contributed by atoms with Gasteiger partial charge in [0.2, 0.25) is 0 Å². The van der Waals surface area contributed by atoms with Crippen LogP contribution in [0.1, 0.15) is 28.8 Å². The Balaban J connectivity index is 1.71. The fourth-order valence-electron chi connectivity index (χ4n) is 2.50. The van der Waals surface area contributed by atoms with E-state index in [0.29, 0.717) is 5.92 Å². The second kappa shape index (κ2) is 8.72. The Morgan fingerprint density at radius 3 is 2.83 bits per heavy atom. The molecule has 0 aliphatic heterocycles. The van der Waals surface area contributed by atoms with Gasteiger partial charge in [-0.25, -0.2) is 0 Å². The molecule has 0 saturated heterocycles. The normalized spacial score (nSPS) is 13.1. The van der Waals surface area contributed by atoms with E-state index in [2.05, 4.69) is 45.2 Å². The molecular formula is C17H26N4OS. The molecule has 2 heterocycles. The summed E-state index contributed by atoms with van der Waals surface area (Å²) in [4.78, 5) is 5.71. The molecule has 2 rings (SSSR count). The van der Waals surface area contributed by atoms with Crippen LogP contribution in [0, 0.1) is 19.8 Å². The van der Waals surface area contributed by atoms with Crippen molar-refractivity contribution in [2.75, 3.05) is 20.1 Å². The topological polar surface area (TPSA) is 62.5 Å². The predicted molar refractivity (Wildman–Crippen MR) is 96.2 cm³/mol. The maximum Gasteiger partial charge on any atom is 0.190 e. The minimum absolute atomic E-state index is 0.565. The van der Waals surface area contributed by atoms with Gasteiger partial charge in [-0.1, -0.05) is 18.1 Å². The van der Waals surface area contributed by atoms with Crippen molar-refractivity contribution in [3.8, 4) is 0 Å². The Morgan fingerprint density at radius 1 is 1.39 bits per heavy atom. The van der Waals surface area contributed by atoms with Crippen LogP contribution in [0.2, 0.25) is 0 Å². The van der Waals surface area contributed by atoms with Crippen molar-refractivity contribution in [1.82, 2.24) is 15.8 Å². The van der Waals surface area contributed by atoms with Crippen LogP contribution in [0.3, 0.4) is 0 Å². The molecule has 2 aromatic rings. The zero-order valence-corrected chi connectivity index (χ0v) is 15.2. The molecule has 0 fully saturated rings. The van der Waals surface area contributed by atoms with Gasteiger partial charge < -0.3 is 15.2 Å². The molecule has 0 saturated carbocycles. The molecule has 0 radical (unpaired) electrons. The van der Waals surface area contributed by atoms with E-state index < -0.39 is 0 Å². The van der Waals surface area contributed by atoms with Crippen LogP contribution in [-0.4, -0.2) is 31.3 Å². The number of rotatable bonds is 7. The third-order valence-corrected chi connectivity index (χ3v) is 4.72. The summed E-state index contributed by atoms with van der Waals surface area (Å²) in [6.07, 6.45) is 1.98. The SMILES string of the molecule is CN=C(NCCc1c(C)noc1C)NCC(C)Cc1cccs1. The van der Waals surface area contributed by atoms with Crippen molar-refractivity contribution in [1.29, 1.82) is 0 Å². The molecule has 2 N–H and O–H groups in total. The predicted octanol–water partition coefficient (Wildman–Crippen LogP) is 2.94. The average Bonchev–Trinajstić information content (AvgIpc) is 3.14. The lowest BCUT2D eigenvalue weighted by molar-refractivity contribution is 0.392. The second-order valence-corrected chi connectivity index (χ2v) is 6.85. The lowest BCUT2D eigenvalue weighted by Crippen LogP contribution is -2.40. The van der Waals surface area contributed by atoms with E-state index in [9.17, 15) is 0 Å². The third-order valence-electron chi connectivity index (χ3n) is 3.82. The number of hydrogen-bond acceptors (Lipinski definition) is 4. The van der Waals surface area contributed by atoms with Crippen LogP contribution in [0.25, 0.3) is 0 Å². The van der Waals surface area contributed by atoms with Gasteiger partial charge in [0.25, 0.3) is 0 Å². The van der Waals surface area contributed by atoms with Crippen LogP contribution < -0.4 is 10.6 Å². The minimum Gasteiger partial charge on any atom is -0.361 e. The highest BCUT2D eigenvalue weighted by Gasteiger charge is 2.09. The molecule has 2 aromatic heterocycles. The number of thiophene rings is 1. The first-order valence-corrected chi connectivity index (χ1v) is 8.86. The maximum atomic E-state index is 5.19. The van der Waals surface area contributed by atoms with Crippen molar-refractivity contribution >= 4 is 17.3 Å². The molecule has 0 aromatic carbocycles. The van der Waals surface area contributed by atoms with E-state index >= 15 is 0 Å². The number of nitrogens with zero attached hydrogens (tertiary/aromatic N) is 2. The quantitative estimate of drug-likeness (QED) is 0.604. The minimum atomic E-state index is 0.565. The van der Waals surface area contributed by atoms with Crippen LogP contribution in [-0.2, 0) is 12.8 Å². The molecule has 1 atom stereocenters. The monoisotopic (exact) mass is 334 g/mol. The molecule has 5 nitrogen and oxygen atoms in total. The molecule has 6 heteroatoms. The Hall–Kier alpha value is -1.82. The van der Waals surface area contributed by atoms with Crippen molar-refractivity contribution in [2.45, 2.75) is 33.6 Å². The van der Waals surface area contributed by atoms with Crippen LogP contribution in [0.15, 0.2) is 27.0 Å². The van der Waals surface area contributed by atoms with Gasteiger partial charge in [0, 0.05) is 30.6 Å². The highest BCUT2D eigenvalue weighted by molar-refractivity contribution is 7.09. The van der Waals surface area contributed by atoms with Gasteiger partial charge in [-0.05, 0) is 44.1 Å². The molecule has 23 heavy (non-hydrogen) atoms. The smallest absolute Gasteiger partial charge is 0.190 e. The summed E-state index contributed by atoms with van der Waals surface area (Å²) >= 11 is 1.82. The van der Waals surface area contributed by atoms with Crippen LogP contribution >= 0.6 is 11.3 Å². The number of aryl methyl sites for hydroxylation is 2.